The fourth-order valence-corrected chi connectivity index (χ4v) is 5.45. The average Bonchev–Trinajstić information content (AvgIpc) is 3.15. The number of nitro benzene ring substituents is 1. The van der Waals surface area contributed by atoms with Crippen molar-refractivity contribution >= 4 is 48.3 Å². The Hall–Kier alpha value is -2.93. The number of benzene rings is 2. The molecule has 1 fully saturated rings. The molecule has 1 amide bonds. The molecule has 0 bridgehead atoms. The lowest BCUT2D eigenvalue weighted by Crippen LogP contribution is -2.40. The molecule has 4 rings (SSSR count). The average molecular weight is 448 g/mol. The van der Waals surface area contributed by atoms with Gasteiger partial charge in [-0.15, -0.1) is 0 Å². The van der Waals surface area contributed by atoms with E-state index in [1.165, 1.54) is 40.7 Å². The van der Waals surface area contributed by atoms with E-state index in [1.807, 2.05) is 0 Å². The molecule has 0 aliphatic carbocycles. The van der Waals surface area contributed by atoms with Gasteiger partial charge in [0.1, 0.15) is 5.56 Å². The molecule has 2 aromatic carbocycles. The van der Waals surface area contributed by atoms with Gasteiger partial charge in [0.2, 0.25) is 10.0 Å². The highest BCUT2D eigenvalue weighted by Gasteiger charge is 2.27. The smallest absolute Gasteiger partial charge is 0.282 e. The highest BCUT2D eigenvalue weighted by molar-refractivity contribution is 7.89. The molecule has 0 unspecified atom stereocenters. The number of rotatable bonds is 5. The number of nitrogens with zero attached hydrogens (tertiary/aromatic N) is 3. The number of carbonyl (C=O) groups is 1. The molecule has 0 atom stereocenters. The Labute approximate surface area is 175 Å². The molecule has 0 saturated carbocycles. The number of para-hydroxylation sites is 1. The van der Waals surface area contributed by atoms with Gasteiger partial charge in [0.25, 0.3) is 11.6 Å². The van der Waals surface area contributed by atoms with Crippen molar-refractivity contribution in [3.63, 3.8) is 0 Å². The van der Waals surface area contributed by atoms with Crippen molar-refractivity contribution in [3.05, 3.63) is 58.1 Å². The number of hydrogen-bond donors (Lipinski definition) is 1. The Bertz CT molecular complexity index is 1230. The van der Waals surface area contributed by atoms with Gasteiger partial charge in [-0.1, -0.05) is 23.5 Å². The molecular weight excluding hydrogens is 432 g/mol. The molecule has 2 heterocycles. The summed E-state index contributed by atoms with van der Waals surface area (Å²) in [5.41, 5.74) is 0.117. The molecule has 12 heteroatoms. The molecule has 1 aliphatic heterocycles. The number of amides is 1. The summed E-state index contributed by atoms with van der Waals surface area (Å²) in [5, 5.41) is 13.9. The number of hydrogen-bond acceptors (Lipinski definition) is 8. The minimum absolute atomic E-state index is 0.0858. The van der Waals surface area contributed by atoms with Crippen LogP contribution in [0.3, 0.4) is 0 Å². The fraction of sp³-hybridized carbons (Fsp3) is 0.222. The van der Waals surface area contributed by atoms with E-state index < -0.39 is 20.9 Å². The van der Waals surface area contributed by atoms with Crippen molar-refractivity contribution in [1.29, 1.82) is 0 Å². The van der Waals surface area contributed by atoms with Crippen LogP contribution < -0.4 is 5.32 Å². The van der Waals surface area contributed by atoms with Crippen LogP contribution in [0.25, 0.3) is 10.2 Å². The Morgan fingerprint density at radius 2 is 1.93 bits per heavy atom. The van der Waals surface area contributed by atoms with Crippen molar-refractivity contribution in [2.75, 3.05) is 31.6 Å². The molecule has 10 nitrogen and oxygen atoms in total. The summed E-state index contributed by atoms with van der Waals surface area (Å²) in [4.78, 5) is 27.4. The lowest BCUT2D eigenvalue weighted by molar-refractivity contribution is -0.385. The highest BCUT2D eigenvalue weighted by Crippen LogP contribution is 2.30. The second kappa shape index (κ2) is 8.07. The van der Waals surface area contributed by atoms with E-state index >= 15 is 0 Å². The number of sulfonamides is 1. The number of fused-ring (bicyclic) bond motifs is 1. The SMILES string of the molecule is O=C(Nc1nc2ccc(S(=O)(=O)N3CCOCC3)cc2s1)c1ccccc1[N+](=O)[O-]. The molecule has 1 N–H and O–H groups in total. The monoisotopic (exact) mass is 448 g/mol. The van der Waals surface area contributed by atoms with Gasteiger partial charge in [0.05, 0.1) is 33.2 Å². The van der Waals surface area contributed by atoms with E-state index in [0.29, 0.717) is 36.5 Å². The summed E-state index contributed by atoms with van der Waals surface area (Å²) in [6.07, 6.45) is 0. The zero-order chi connectivity index (χ0) is 21.3. The number of nitrogens with one attached hydrogen (secondary N) is 1. The lowest BCUT2D eigenvalue weighted by Gasteiger charge is -2.25. The van der Waals surface area contributed by atoms with Crippen molar-refractivity contribution in [2.45, 2.75) is 4.90 Å². The summed E-state index contributed by atoms with van der Waals surface area (Å²) in [6, 6.07) is 10.2. The van der Waals surface area contributed by atoms with Crippen LogP contribution in [0.2, 0.25) is 0 Å². The predicted molar refractivity (Wildman–Crippen MR) is 110 cm³/mol. The molecule has 0 spiro atoms. The molecule has 3 aromatic rings. The molecule has 1 saturated heterocycles. The van der Waals surface area contributed by atoms with E-state index in [1.54, 1.807) is 6.07 Å². The number of morpholine rings is 1. The zero-order valence-electron chi connectivity index (χ0n) is 15.5. The van der Waals surface area contributed by atoms with Gasteiger partial charge < -0.3 is 4.74 Å². The normalized spacial score (nSPS) is 15.2. The van der Waals surface area contributed by atoms with Crippen LogP contribution in [-0.4, -0.2) is 54.8 Å². The van der Waals surface area contributed by atoms with Crippen molar-refractivity contribution in [2.24, 2.45) is 0 Å². The van der Waals surface area contributed by atoms with Crippen LogP contribution >= 0.6 is 11.3 Å². The van der Waals surface area contributed by atoms with Crippen molar-refractivity contribution < 1.29 is 22.9 Å². The van der Waals surface area contributed by atoms with E-state index in [-0.39, 0.29) is 21.3 Å². The van der Waals surface area contributed by atoms with Crippen LogP contribution in [0, 0.1) is 10.1 Å². The van der Waals surface area contributed by atoms with Gasteiger partial charge in [0.15, 0.2) is 5.13 Å². The highest BCUT2D eigenvalue weighted by atomic mass is 32.2. The van der Waals surface area contributed by atoms with Crippen LogP contribution in [0.5, 0.6) is 0 Å². The Balaban J connectivity index is 1.60. The molecule has 1 aliphatic rings. The number of aromatic nitrogens is 1. The molecule has 0 radical (unpaired) electrons. The third-order valence-corrected chi connectivity index (χ3v) is 7.36. The fourth-order valence-electron chi connectivity index (χ4n) is 3.04. The predicted octanol–water partition coefficient (Wildman–Crippen LogP) is 2.48. The molecule has 30 heavy (non-hydrogen) atoms. The zero-order valence-corrected chi connectivity index (χ0v) is 17.1. The Kier molecular flexibility index (Phi) is 5.47. The van der Waals surface area contributed by atoms with Gasteiger partial charge >= 0.3 is 0 Å². The first-order chi connectivity index (χ1) is 14.4. The first-order valence-corrected chi connectivity index (χ1v) is 11.2. The lowest BCUT2D eigenvalue weighted by atomic mass is 10.1. The summed E-state index contributed by atoms with van der Waals surface area (Å²) < 4.78 is 32.8. The second-order valence-corrected chi connectivity index (χ2v) is 9.36. The summed E-state index contributed by atoms with van der Waals surface area (Å²) >= 11 is 1.09. The largest absolute Gasteiger partial charge is 0.379 e. The van der Waals surface area contributed by atoms with Crippen LogP contribution in [0.4, 0.5) is 10.8 Å². The quantitative estimate of drug-likeness (QED) is 0.468. The van der Waals surface area contributed by atoms with E-state index in [0.717, 1.165) is 11.3 Å². The van der Waals surface area contributed by atoms with Crippen LogP contribution in [-0.2, 0) is 14.8 Å². The third-order valence-electron chi connectivity index (χ3n) is 4.53. The van der Waals surface area contributed by atoms with E-state index in [9.17, 15) is 23.3 Å². The second-order valence-electron chi connectivity index (χ2n) is 6.39. The van der Waals surface area contributed by atoms with Crippen molar-refractivity contribution in [3.8, 4) is 0 Å². The number of nitro groups is 1. The van der Waals surface area contributed by atoms with Gasteiger partial charge in [-0.05, 0) is 24.3 Å². The molecular formula is C18H16N4O6S2. The number of ether oxygens (including phenoxy) is 1. The maximum atomic E-state index is 12.8. The van der Waals surface area contributed by atoms with Gasteiger partial charge in [0, 0.05) is 19.2 Å². The standard InChI is InChI=1S/C18H16N4O6S2/c23-17(13-3-1-2-4-15(13)22(24)25)20-18-19-14-6-5-12(11-16(14)29-18)30(26,27)21-7-9-28-10-8-21/h1-6,11H,7-10H2,(H,19,20,23). The Morgan fingerprint density at radius 1 is 1.20 bits per heavy atom. The summed E-state index contributed by atoms with van der Waals surface area (Å²) in [7, 11) is -3.66. The van der Waals surface area contributed by atoms with Crippen LogP contribution in [0.15, 0.2) is 47.4 Å². The molecule has 156 valence electrons. The summed E-state index contributed by atoms with van der Waals surface area (Å²) in [5.74, 6) is -0.664. The number of carbonyl (C=O) groups excluding carboxylic acids is 1. The first-order valence-electron chi connectivity index (χ1n) is 8.89. The maximum absolute atomic E-state index is 12.8. The third kappa shape index (κ3) is 3.89. The van der Waals surface area contributed by atoms with Crippen molar-refractivity contribution in [1.82, 2.24) is 9.29 Å². The molecule has 1 aromatic heterocycles. The summed E-state index contributed by atoms with van der Waals surface area (Å²) in [6.45, 7) is 1.29. The topological polar surface area (TPSA) is 132 Å². The first kappa shape index (κ1) is 20.3. The van der Waals surface area contributed by atoms with Gasteiger partial charge in [-0.2, -0.15) is 4.31 Å². The van der Waals surface area contributed by atoms with E-state index in [4.69, 9.17) is 4.74 Å². The maximum Gasteiger partial charge on any atom is 0.282 e. The van der Waals surface area contributed by atoms with Gasteiger partial charge in [-0.25, -0.2) is 13.4 Å². The van der Waals surface area contributed by atoms with E-state index in [2.05, 4.69) is 10.3 Å². The van der Waals surface area contributed by atoms with Gasteiger partial charge in [-0.3, -0.25) is 20.2 Å². The Morgan fingerprint density at radius 3 is 2.67 bits per heavy atom. The minimum Gasteiger partial charge on any atom is -0.379 e. The minimum atomic E-state index is -3.66. The number of anilines is 1. The number of thiazole rings is 1. The van der Waals surface area contributed by atoms with Crippen LogP contribution in [0.1, 0.15) is 10.4 Å².